The second-order valence-corrected chi connectivity index (χ2v) is 6.76. The fraction of sp³-hybridized carbons (Fsp3) is 0.588. The number of nitrogens with two attached hydrogens (primary N) is 1. The summed E-state index contributed by atoms with van der Waals surface area (Å²) in [5, 5.41) is 0. The highest BCUT2D eigenvalue weighted by atomic mass is 32.1. The molecule has 21 heavy (non-hydrogen) atoms. The van der Waals surface area contributed by atoms with Gasteiger partial charge in [0.25, 0.3) is 0 Å². The molecule has 114 valence electrons. The molecule has 1 aromatic rings. The van der Waals surface area contributed by atoms with E-state index in [2.05, 4.69) is 0 Å². The van der Waals surface area contributed by atoms with Crippen LogP contribution in [-0.4, -0.2) is 23.3 Å². The highest BCUT2D eigenvalue weighted by Crippen LogP contribution is 2.43. The van der Waals surface area contributed by atoms with Crippen molar-refractivity contribution in [1.82, 2.24) is 0 Å². The third-order valence-corrected chi connectivity index (χ3v) is 4.99. The lowest BCUT2D eigenvalue weighted by atomic mass is 9.98. The highest BCUT2D eigenvalue weighted by molar-refractivity contribution is 7.80. The van der Waals surface area contributed by atoms with Gasteiger partial charge >= 0.3 is 0 Å². The van der Waals surface area contributed by atoms with Gasteiger partial charge in [0.05, 0.1) is 11.7 Å². The minimum Gasteiger partial charge on any atom is -0.491 e. The Kier molecular flexibility index (Phi) is 4.18. The van der Waals surface area contributed by atoms with E-state index in [0.29, 0.717) is 11.6 Å². The third-order valence-electron chi connectivity index (χ3n) is 4.75. The fourth-order valence-corrected chi connectivity index (χ4v) is 3.62. The summed E-state index contributed by atoms with van der Waals surface area (Å²) in [7, 11) is 0. The Morgan fingerprint density at radius 2 is 2.14 bits per heavy atom. The molecule has 0 bridgehead atoms. The first kappa shape index (κ1) is 14.8. The number of thiocarbonyl (C=S) groups is 1. The molecule has 4 heteroatoms. The second-order valence-electron chi connectivity index (χ2n) is 6.32. The number of hydrogen-bond acceptors (Lipinski definition) is 3. The largest absolute Gasteiger partial charge is 0.491 e. The molecule has 0 amide bonds. The fourth-order valence-electron chi connectivity index (χ4n) is 3.49. The summed E-state index contributed by atoms with van der Waals surface area (Å²) in [6.07, 6.45) is 7.57. The topological polar surface area (TPSA) is 44.5 Å². The van der Waals surface area contributed by atoms with Crippen LogP contribution < -0.4 is 10.5 Å². The van der Waals surface area contributed by atoms with E-state index in [1.807, 2.05) is 25.1 Å². The molecule has 1 saturated carbocycles. The summed E-state index contributed by atoms with van der Waals surface area (Å²) in [6, 6.07) is 5.86. The van der Waals surface area contributed by atoms with Gasteiger partial charge in [-0.3, -0.25) is 0 Å². The standard InChI is InChI=1S/C17H23NO2S/c1-12-4-5-13(16(18)21)10-15(12)19-11-14-6-9-17(20-14)7-2-3-8-17/h4-5,10,14H,2-3,6-9,11H2,1H3,(H2,18,21). The maximum absolute atomic E-state index is 6.27. The van der Waals surface area contributed by atoms with Crippen LogP contribution in [0.4, 0.5) is 0 Å². The van der Waals surface area contributed by atoms with Gasteiger partial charge in [0, 0.05) is 5.56 Å². The van der Waals surface area contributed by atoms with Crippen molar-refractivity contribution in [1.29, 1.82) is 0 Å². The van der Waals surface area contributed by atoms with Crippen molar-refractivity contribution in [3.8, 4) is 5.75 Å². The van der Waals surface area contributed by atoms with E-state index in [-0.39, 0.29) is 11.7 Å². The van der Waals surface area contributed by atoms with Gasteiger partial charge in [0.2, 0.25) is 0 Å². The van der Waals surface area contributed by atoms with Crippen LogP contribution in [0.5, 0.6) is 5.75 Å². The van der Waals surface area contributed by atoms with E-state index in [0.717, 1.165) is 23.3 Å². The average molecular weight is 305 g/mol. The normalized spacial score (nSPS) is 23.6. The van der Waals surface area contributed by atoms with Crippen molar-refractivity contribution in [3.63, 3.8) is 0 Å². The summed E-state index contributed by atoms with van der Waals surface area (Å²) < 4.78 is 12.2. The number of ether oxygens (including phenoxy) is 2. The van der Waals surface area contributed by atoms with Gasteiger partial charge < -0.3 is 15.2 Å². The van der Waals surface area contributed by atoms with E-state index >= 15 is 0 Å². The van der Waals surface area contributed by atoms with Crippen LogP contribution in [0, 0.1) is 6.92 Å². The molecule has 1 atom stereocenters. The molecule has 0 aromatic heterocycles. The van der Waals surface area contributed by atoms with Gasteiger partial charge in [-0.15, -0.1) is 0 Å². The zero-order valence-corrected chi connectivity index (χ0v) is 13.4. The molecule has 3 nitrogen and oxygen atoms in total. The van der Waals surface area contributed by atoms with Crippen LogP contribution in [0.3, 0.4) is 0 Å². The lowest BCUT2D eigenvalue weighted by Crippen LogP contribution is -2.27. The van der Waals surface area contributed by atoms with E-state index in [9.17, 15) is 0 Å². The molecule has 2 aliphatic rings. The third kappa shape index (κ3) is 3.22. The van der Waals surface area contributed by atoms with Gasteiger partial charge in [0.1, 0.15) is 17.3 Å². The Bertz CT molecular complexity index is 538. The number of benzene rings is 1. The van der Waals surface area contributed by atoms with Crippen LogP contribution in [0.15, 0.2) is 18.2 Å². The van der Waals surface area contributed by atoms with Crippen LogP contribution >= 0.6 is 12.2 Å². The predicted octanol–water partition coefficient (Wildman–Crippen LogP) is 3.50. The average Bonchev–Trinajstić information content (AvgIpc) is 3.08. The number of rotatable bonds is 4. The molecule has 1 aliphatic heterocycles. The van der Waals surface area contributed by atoms with Crippen molar-refractivity contribution >= 4 is 17.2 Å². The minimum atomic E-state index is 0.170. The first-order chi connectivity index (χ1) is 10.1. The molecular formula is C17H23NO2S. The summed E-state index contributed by atoms with van der Waals surface area (Å²) in [5.41, 5.74) is 7.80. The molecule has 1 spiro atoms. The van der Waals surface area contributed by atoms with Crippen LogP contribution in [0.2, 0.25) is 0 Å². The quantitative estimate of drug-likeness (QED) is 0.865. The lowest BCUT2D eigenvalue weighted by molar-refractivity contribution is -0.0509. The van der Waals surface area contributed by atoms with Crippen molar-refractivity contribution < 1.29 is 9.47 Å². The first-order valence-corrected chi connectivity index (χ1v) is 8.20. The molecule has 1 unspecified atom stereocenters. The summed E-state index contributed by atoms with van der Waals surface area (Å²) in [5.74, 6) is 0.858. The zero-order valence-electron chi connectivity index (χ0n) is 12.6. The Labute approximate surface area is 131 Å². The Morgan fingerprint density at radius 3 is 2.86 bits per heavy atom. The van der Waals surface area contributed by atoms with Gasteiger partial charge in [0.15, 0.2) is 0 Å². The van der Waals surface area contributed by atoms with E-state index in [1.54, 1.807) is 0 Å². The molecular weight excluding hydrogens is 282 g/mol. The number of hydrogen-bond donors (Lipinski definition) is 1. The molecule has 1 aromatic carbocycles. The Morgan fingerprint density at radius 1 is 1.38 bits per heavy atom. The molecule has 1 aliphatic carbocycles. The molecule has 0 radical (unpaired) electrons. The first-order valence-electron chi connectivity index (χ1n) is 7.79. The molecule has 2 fully saturated rings. The molecule has 3 rings (SSSR count). The van der Waals surface area contributed by atoms with E-state index in [1.165, 1.54) is 32.1 Å². The maximum atomic E-state index is 6.27. The minimum absolute atomic E-state index is 0.170. The zero-order chi connectivity index (χ0) is 14.9. The maximum Gasteiger partial charge on any atom is 0.123 e. The number of aryl methyl sites for hydroxylation is 1. The van der Waals surface area contributed by atoms with Crippen LogP contribution in [-0.2, 0) is 4.74 Å². The van der Waals surface area contributed by atoms with Crippen LogP contribution in [0.1, 0.15) is 49.7 Å². The van der Waals surface area contributed by atoms with Crippen molar-refractivity contribution in [3.05, 3.63) is 29.3 Å². The molecule has 2 N–H and O–H groups in total. The van der Waals surface area contributed by atoms with E-state index < -0.39 is 0 Å². The molecule has 1 saturated heterocycles. The second kappa shape index (κ2) is 5.93. The van der Waals surface area contributed by atoms with Gasteiger partial charge in [-0.1, -0.05) is 37.2 Å². The smallest absolute Gasteiger partial charge is 0.123 e. The lowest BCUT2D eigenvalue weighted by Gasteiger charge is -2.24. The van der Waals surface area contributed by atoms with Crippen LogP contribution in [0.25, 0.3) is 0 Å². The summed E-state index contributed by atoms with van der Waals surface area (Å²) in [6.45, 7) is 2.65. The summed E-state index contributed by atoms with van der Waals surface area (Å²) >= 11 is 5.02. The Hall–Kier alpha value is -1.13. The summed E-state index contributed by atoms with van der Waals surface area (Å²) in [4.78, 5) is 0.405. The van der Waals surface area contributed by atoms with Gasteiger partial charge in [-0.05, 0) is 44.2 Å². The van der Waals surface area contributed by atoms with Crippen molar-refractivity contribution in [2.45, 2.75) is 57.2 Å². The predicted molar refractivity (Wildman–Crippen MR) is 87.9 cm³/mol. The van der Waals surface area contributed by atoms with E-state index in [4.69, 9.17) is 27.4 Å². The highest BCUT2D eigenvalue weighted by Gasteiger charge is 2.42. The molecule has 1 heterocycles. The van der Waals surface area contributed by atoms with Crippen molar-refractivity contribution in [2.75, 3.05) is 6.61 Å². The van der Waals surface area contributed by atoms with Gasteiger partial charge in [-0.25, -0.2) is 0 Å². The van der Waals surface area contributed by atoms with Crippen molar-refractivity contribution in [2.24, 2.45) is 5.73 Å². The Balaban J connectivity index is 1.60. The monoisotopic (exact) mass is 305 g/mol. The SMILES string of the molecule is Cc1ccc(C(N)=S)cc1OCC1CCC2(CCCC2)O1. The van der Waals surface area contributed by atoms with Gasteiger partial charge in [-0.2, -0.15) is 0 Å².